The lowest BCUT2D eigenvalue weighted by Gasteiger charge is -2.30. The molecule has 0 unspecified atom stereocenters. The van der Waals surface area contributed by atoms with Gasteiger partial charge in [0.05, 0.1) is 18.8 Å². The number of anilines is 2. The van der Waals surface area contributed by atoms with Crippen molar-refractivity contribution in [1.82, 2.24) is 15.0 Å². The van der Waals surface area contributed by atoms with Crippen LogP contribution in [-0.4, -0.2) is 57.0 Å². The number of nitrogens with one attached hydrogen (secondary N) is 1. The fraction of sp³-hybridized carbons (Fsp3) is 0.769. The average Bonchev–Trinajstić information content (AvgIpc) is 2.53. The second-order valence-corrected chi connectivity index (χ2v) is 5.69. The highest BCUT2D eigenvalue weighted by Crippen LogP contribution is 2.21. The molecule has 0 aromatic carbocycles. The van der Waals surface area contributed by atoms with Gasteiger partial charge in [0.2, 0.25) is 17.2 Å². The number of aliphatic hydroxyl groups is 2. The van der Waals surface area contributed by atoms with E-state index in [4.69, 9.17) is 11.6 Å². The van der Waals surface area contributed by atoms with E-state index in [0.717, 1.165) is 25.9 Å². The topological polar surface area (TPSA) is 94.4 Å². The molecule has 0 saturated carbocycles. The van der Waals surface area contributed by atoms with Gasteiger partial charge in [0.15, 0.2) is 0 Å². The number of halogens is 1. The van der Waals surface area contributed by atoms with Crippen molar-refractivity contribution in [2.24, 2.45) is 0 Å². The van der Waals surface area contributed by atoms with Gasteiger partial charge in [-0.15, -0.1) is 0 Å². The molecular weight excluding hydrogens is 294 g/mol. The molecule has 0 amide bonds. The molecule has 2 heterocycles. The summed E-state index contributed by atoms with van der Waals surface area (Å²) in [6.45, 7) is 3.23. The molecule has 8 heteroatoms. The van der Waals surface area contributed by atoms with Crippen molar-refractivity contribution >= 4 is 23.5 Å². The average molecular weight is 316 g/mol. The van der Waals surface area contributed by atoms with E-state index in [1.165, 1.54) is 6.42 Å². The smallest absolute Gasteiger partial charge is 0.231 e. The first-order valence-electron chi connectivity index (χ1n) is 7.29. The van der Waals surface area contributed by atoms with Crippen LogP contribution in [0.3, 0.4) is 0 Å². The fourth-order valence-electron chi connectivity index (χ4n) is 2.31. The van der Waals surface area contributed by atoms with Gasteiger partial charge >= 0.3 is 0 Å². The highest BCUT2D eigenvalue weighted by molar-refractivity contribution is 6.28. The second kappa shape index (κ2) is 7.20. The summed E-state index contributed by atoms with van der Waals surface area (Å²) in [4.78, 5) is 14.7. The van der Waals surface area contributed by atoms with Crippen LogP contribution in [0.1, 0.15) is 32.6 Å². The summed E-state index contributed by atoms with van der Waals surface area (Å²) in [6, 6.07) is 0. The third kappa shape index (κ3) is 3.93. The van der Waals surface area contributed by atoms with Gasteiger partial charge in [0.1, 0.15) is 0 Å². The van der Waals surface area contributed by atoms with Crippen molar-refractivity contribution in [3.8, 4) is 0 Å². The van der Waals surface area contributed by atoms with E-state index in [-0.39, 0.29) is 24.4 Å². The maximum Gasteiger partial charge on any atom is 0.231 e. The van der Waals surface area contributed by atoms with E-state index >= 15 is 0 Å². The fourth-order valence-corrected chi connectivity index (χ4v) is 2.46. The first-order valence-corrected chi connectivity index (χ1v) is 7.66. The molecular formula is C13H22ClN5O2. The SMILES string of the molecule is CCC(CO)(CO)Nc1nc(Cl)nc(N2CCCCC2)n1. The highest BCUT2D eigenvalue weighted by Gasteiger charge is 2.28. The zero-order valence-electron chi connectivity index (χ0n) is 12.2. The summed E-state index contributed by atoms with van der Waals surface area (Å²) in [5.41, 5.74) is -0.857. The quantitative estimate of drug-likeness (QED) is 0.722. The molecule has 0 bridgehead atoms. The summed E-state index contributed by atoms with van der Waals surface area (Å²) < 4.78 is 0. The van der Waals surface area contributed by atoms with Gasteiger partial charge in [0, 0.05) is 13.1 Å². The second-order valence-electron chi connectivity index (χ2n) is 5.35. The molecule has 1 saturated heterocycles. The molecule has 1 aromatic heterocycles. The lowest BCUT2D eigenvalue weighted by Crippen LogP contribution is -2.45. The number of rotatable bonds is 6. The Morgan fingerprint density at radius 3 is 2.38 bits per heavy atom. The zero-order valence-corrected chi connectivity index (χ0v) is 13.0. The molecule has 3 N–H and O–H groups in total. The predicted octanol–water partition coefficient (Wildman–Crippen LogP) is 1.06. The first kappa shape index (κ1) is 16.2. The Labute approximate surface area is 129 Å². The predicted molar refractivity (Wildman–Crippen MR) is 81.7 cm³/mol. The number of hydrogen-bond acceptors (Lipinski definition) is 7. The number of hydrogen-bond donors (Lipinski definition) is 3. The summed E-state index contributed by atoms with van der Waals surface area (Å²) >= 11 is 5.97. The third-order valence-corrected chi connectivity index (χ3v) is 4.06. The Bertz CT molecular complexity index is 456. The van der Waals surface area contributed by atoms with Crippen LogP contribution in [0, 0.1) is 0 Å². The van der Waals surface area contributed by atoms with Crippen LogP contribution in [0.25, 0.3) is 0 Å². The Morgan fingerprint density at radius 1 is 1.14 bits per heavy atom. The lowest BCUT2D eigenvalue weighted by molar-refractivity contribution is 0.132. The minimum Gasteiger partial charge on any atom is -0.394 e. The minimum absolute atomic E-state index is 0.106. The highest BCUT2D eigenvalue weighted by atomic mass is 35.5. The van der Waals surface area contributed by atoms with Crippen LogP contribution in [0.5, 0.6) is 0 Å². The van der Waals surface area contributed by atoms with Crippen LogP contribution in [-0.2, 0) is 0 Å². The molecule has 7 nitrogen and oxygen atoms in total. The molecule has 118 valence electrons. The maximum atomic E-state index is 9.49. The van der Waals surface area contributed by atoms with E-state index in [9.17, 15) is 10.2 Å². The standard InChI is InChI=1S/C13H22ClN5O2/c1-2-13(8-20,9-21)18-11-15-10(14)16-12(17-11)19-6-4-3-5-7-19/h20-21H,2-9H2,1H3,(H,15,16,17,18). The Balaban J connectivity index is 2.21. The van der Waals surface area contributed by atoms with Crippen LogP contribution >= 0.6 is 11.6 Å². The number of aromatic nitrogens is 3. The molecule has 21 heavy (non-hydrogen) atoms. The molecule has 0 atom stereocenters. The molecule has 0 radical (unpaired) electrons. The lowest BCUT2D eigenvalue weighted by atomic mass is 9.99. The minimum atomic E-state index is -0.857. The van der Waals surface area contributed by atoms with Crippen molar-refractivity contribution in [2.75, 3.05) is 36.5 Å². The van der Waals surface area contributed by atoms with Crippen molar-refractivity contribution in [3.05, 3.63) is 5.28 Å². The van der Waals surface area contributed by atoms with Gasteiger partial charge in [-0.05, 0) is 37.3 Å². The first-order chi connectivity index (χ1) is 10.1. The Morgan fingerprint density at radius 2 is 1.81 bits per heavy atom. The largest absolute Gasteiger partial charge is 0.394 e. The van der Waals surface area contributed by atoms with Crippen LogP contribution < -0.4 is 10.2 Å². The molecule has 1 aliphatic heterocycles. The third-order valence-electron chi connectivity index (χ3n) is 3.89. The number of nitrogens with zero attached hydrogens (tertiary/aromatic N) is 4. The number of piperidine rings is 1. The normalized spacial score (nSPS) is 16.1. The Kier molecular flexibility index (Phi) is 5.55. The van der Waals surface area contributed by atoms with Crippen molar-refractivity contribution in [3.63, 3.8) is 0 Å². The van der Waals surface area contributed by atoms with E-state index in [1.54, 1.807) is 0 Å². The summed E-state index contributed by atoms with van der Waals surface area (Å²) in [5.74, 6) is 0.818. The molecule has 0 spiro atoms. The van der Waals surface area contributed by atoms with E-state index in [0.29, 0.717) is 12.4 Å². The van der Waals surface area contributed by atoms with E-state index < -0.39 is 5.54 Å². The monoisotopic (exact) mass is 315 g/mol. The van der Waals surface area contributed by atoms with Gasteiger partial charge in [-0.3, -0.25) is 0 Å². The summed E-state index contributed by atoms with van der Waals surface area (Å²) in [7, 11) is 0. The van der Waals surface area contributed by atoms with Crippen LogP contribution in [0.2, 0.25) is 5.28 Å². The molecule has 0 aliphatic carbocycles. The zero-order chi connectivity index (χ0) is 15.3. The molecule has 2 rings (SSSR count). The van der Waals surface area contributed by atoms with E-state index in [1.807, 2.05) is 6.92 Å². The van der Waals surface area contributed by atoms with Gasteiger partial charge in [-0.2, -0.15) is 15.0 Å². The summed E-state index contributed by atoms with van der Waals surface area (Å²) in [5, 5.41) is 22.1. The van der Waals surface area contributed by atoms with Crippen molar-refractivity contribution < 1.29 is 10.2 Å². The van der Waals surface area contributed by atoms with Gasteiger partial charge in [-0.1, -0.05) is 6.92 Å². The maximum absolute atomic E-state index is 9.49. The number of aliphatic hydroxyl groups excluding tert-OH is 2. The molecule has 1 aliphatic rings. The van der Waals surface area contributed by atoms with Crippen molar-refractivity contribution in [1.29, 1.82) is 0 Å². The van der Waals surface area contributed by atoms with Crippen LogP contribution in [0.15, 0.2) is 0 Å². The molecule has 1 fully saturated rings. The van der Waals surface area contributed by atoms with E-state index in [2.05, 4.69) is 25.2 Å². The molecule has 1 aromatic rings. The van der Waals surface area contributed by atoms with Gasteiger partial charge < -0.3 is 20.4 Å². The summed E-state index contributed by atoms with van der Waals surface area (Å²) in [6.07, 6.45) is 3.97. The van der Waals surface area contributed by atoms with Crippen LogP contribution in [0.4, 0.5) is 11.9 Å². The Hall–Kier alpha value is -1.18. The van der Waals surface area contributed by atoms with Crippen molar-refractivity contribution in [2.45, 2.75) is 38.1 Å². The van der Waals surface area contributed by atoms with Gasteiger partial charge in [-0.25, -0.2) is 0 Å². The van der Waals surface area contributed by atoms with Gasteiger partial charge in [0.25, 0.3) is 0 Å².